The summed E-state index contributed by atoms with van der Waals surface area (Å²) >= 11 is 0. The van der Waals surface area contributed by atoms with Crippen LogP contribution in [0, 0.1) is 0 Å². The van der Waals surface area contributed by atoms with Gasteiger partial charge in [-0.25, -0.2) is 4.79 Å². The number of carbonyl (C=O) groups excluding carboxylic acids is 3. The van der Waals surface area contributed by atoms with Crippen molar-refractivity contribution in [3.63, 3.8) is 0 Å². The second-order valence-electron chi connectivity index (χ2n) is 6.99. The predicted molar refractivity (Wildman–Crippen MR) is 110 cm³/mol. The van der Waals surface area contributed by atoms with E-state index < -0.39 is 17.8 Å². The van der Waals surface area contributed by atoms with Crippen LogP contribution in [0.25, 0.3) is 10.9 Å². The fourth-order valence-electron chi connectivity index (χ4n) is 3.70. The molecule has 0 fully saturated rings. The summed E-state index contributed by atoms with van der Waals surface area (Å²) in [6, 6.07) is 25.4. The van der Waals surface area contributed by atoms with Gasteiger partial charge in [0.15, 0.2) is 0 Å². The Hall–Kier alpha value is -4.19. The van der Waals surface area contributed by atoms with E-state index in [2.05, 4.69) is 0 Å². The number of imide groups is 1. The van der Waals surface area contributed by atoms with E-state index in [0.717, 1.165) is 16.5 Å². The molecule has 0 N–H and O–H groups in total. The summed E-state index contributed by atoms with van der Waals surface area (Å²) in [5.74, 6) is -2.05. The van der Waals surface area contributed by atoms with Crippen molar-refractivity contribution in [3.8, 4) is 0 Å². The number of fused-ring (bicyclic) bond motifs is 2. The number of aromatic nitrogens is 1. The lowest BCUT2D eigenvalue weighted by atomic mass is 10.1. The average molecular weight is 396 g/mol. The number of hydrogen-bond donors (Lipinski definition) is 0. The fourth-order valence-corrected chi connectivity index (χ4v) is 3.70. The Morgan fingerprint density at radius 3 is 2.07 bits per heavy atom. The van der Waals surface area contributed by atoms with Crippen LogP contribution in [0.3, 0.4) is 0 Å². The Balaban J connectivity index is 1.50. The normalized spacial score (nSPS) is 13.0. The highest BCUT2D eigenvalue weighted by Crippen LogP contribution is 2.26. The molecule has 6 heteroatoms. The van der Waals surface area contributed by atoms with Crippen molar-refractivity contribution in [3.05, 3.63) is 107 Å². The van der Waals surface area contributed by atoms with Gasteiger partial charge in [-0.3, -0.25) is 9.59 Å². The molecule has 0 aliphatic carbocycles. The Labute approximate surface area is 171 Å². The van der Waals surface area contributed by atoms with Gasteiger partial charge < -0.3 is 9.40 Å². The number of hydroxylamine groups is 2. The Morgan fingerprint density at radius 2 is 1.37 bits per heavy atom. The third-order valence-corrected chi connectivity index (χ3v) is 5.13. The van der Waals surface area contributed by atoms with Gasteiger partial charge in [0.1, 0.15) is 5.69 Å². The van der Waals surface area contributed by atoms with E-state index in [4.69, 9.17) is 4.84 Å². The molecule has 0 spiro atoms. The van der Waals surface area contributed by atoms with E-state index in [1.165, 1.54) is 12.1 Å². The molecule has 5 rings (SSSR count). The van der Waals surface area contributed by atoms with E-state index in [-0.39, 0.29) is 16.8 Å². The van der Waals surface area contributed by atoms with Crippen LogP contribution >= 0.6 is 0 Å². The summed E-state index contributed by atoms with van der Waals surface area (Å²) in [4.78, 5) is 43.4. The van der Waals surface area contributed by atoms with Gasteiger partial charge in [-0.15, -0.1) is 0 Å². The number of hydrogen-bond acceptors (Lipinski definition) is 4. The number of amides is 2. The minimum Gasteiger partial charge on any atom is -0.330 e. The molecule has 2 heterocycles. The Kier molecular flexibility index (Phi) is 4.17. The van der Waals surface area contributed by atoms with Crippen LogP contribution in [0.2, 0.25) is 0 Å². The van der Waals surface area contributed by atoms with Gasteiger partial charge in [0.2, 0.25) is 0 Å². The van der Waals surface area contributed by atoms with Gasteiger partial charge in [0, 0.05) is 17.4 Å². The van der Waals surface area contributed by atoms with Crippen molar-refractivity contribution < 1.29 is 19.2 Å². The summed E-state index contributed by atoms with van der Waals surface area (Å²) in [7, 11) is 0. The lowest BCUT2D eigenvalue weighted by Crippen LogP contribution is -2.33. The lowest BCUT2D eigenvalue weighted by molar-refractivity contribution is -0.0590. The van der Waals surface area contributed by atoms with Crippen LogP contribution in [0.15, 0.2) is 84.9 Å². The molecule has 1 aliphatic rings. The molecule has 2 amide bonds. The Morgan fingerprint density at radius 1 is 0.767 bits per heavy atom. The summed E-state index contributed by atoms with van der Waals surface area (Å²) in [6.45, 7) is 0.445. The molecule has 0 bridgehead atoms. The van der Waals surface area contributed by atoms with Crippen molar-refractivity contribution in [2.45, 2.75) is 6.54 Å². The SMILES string of the molecule is O=C(ON1C(=O)c2ccccc2C1=O)c1cc2ccccc2n1Cc1ccccc1. The van der Waals surface area contributed by atoms with Gasteiger partial charge >= 0.3 is 5.97 Å². The van der Waals surface area contributed by atoms with E-state index >= 15 is 0 Å². The van der Waals surface area contributed by atoms with Crippen LogP contribution < -0.4 is 0 Å². The molecule has 0 saturated heterocycles. The standard InChI is InChI=1S/C24H16N2O4/c27-22-18-11-5-6-12-19(18)23(28)26(22)30-24(29)21-14-17-10-4-7-13-20(17)25(21)15-16-8-2-1-3-9-16/h1-14H,15H2. The molecular formula is C24H16N2O4. The fraction of sp³-hybridized carbons (Fsp3) is 0.0417. The molecule has 1 aromatic heterocycles. The van der Waals surface area contributed by atoms with Crippen LogP contribution in [-0.4, -0.2) is 27.4 Å². The number of carbonyl (C=O) groups is 3. The summed E-state index contributed by atoms with van der Waals surface area (Å²) < 4.78 is 1.82. The smallest absolute Gasteiger partial charge is 0.330 e. The molecule has 146 valence electrons. The van der Waals surface area contributed by atoms with Crippen LogP contribution in [0.4, 0.5) is 0 Å². The highest BCUT2D eigenvalue weighted by atomic mass is 16.7. The van der Waals surface area contributed by atoms with Crippen molar-refractivity contribution in [1.29, 1.82) is 0 Å². The van der Waals surface area contributed by atoms with E-state index in [0.29, 0.717) is 11.6 Å². The number of benzene rings is 3. The van der Waals surface area contributed by atoms with Gasteiger partial charge in [0.05, 0.1) is 11.1 Å². The zero-order valence-electron chi connectivity index (χ0n) is 15.8. The molecule has 1 aliphatic heterocycles. The monoisotopic (exact) mass is 396 g/mol. The van der Waals surface area contributed by atoms with Gasteiger partial charge in [0.25, 0.3) is 11.8 Å². The van der Waals surface area contributed by atoms with Crippen molar-refractivity contribution >= 4 is 28.7 Å². The maximum Gasteiger partial charge on any atom is 0.380 e. The largest absolute Gasteiger partial charge is 0.380 e. The molecule has 0 atom stereocenters. The van der Waals surface area contributed by atoms with Gasteiger partial charge in [-0.1, -0.05) is 65.7 Å². The van der Waals surface area contributed by atoms with Crippen LogP contribution in [-0.2, 0) is 11.4 Å². The molecule has 0 radical (unpaired) electrons. The van der Waals surface area contributed by atoms with Gasteiger partial charge in [-0.05, 0) is 29.8 Å². The van der Waals surface area contributed by atoms with Gasteiger partial charge in [-0.2, -0.15) is 0 Å². The second kappa shape index (κ2) is 7.00. The first-order chi connectivity index (χ1) is 14.6. The second-order valence-corrected chi connectivity index (χ2v) is 6.99. The topological polar surface area (TPSA) is 68.6 Å². The Bertz CT molecular complexity index is 1270. The van der Waals surface area contributed by atoms with E-state index in [9.17, 15) is 14.4 Å². The number of para-hydroxylation sites is 1. The van der Waals surface area contributed by atoms with E-state index in [1.807, 2.05) is 59.2 Å². The molecular weight excluding hydrogens is 380 g/mol. The quantitative estimate of drug-likeness (QED) is 0.488. The minimum absolute atomic E-state index is 0.222. The third kappa shape index (κ3) is 2.86. The van der Waals surface area contributed by atoms with E-state index in [1.54, 1.807) is 18.2 Å². The number of rotatable bonds is 4. The minimum atomic E-state index is -0.767. The van der Waals surface area contributed by atoms with Crippen LogP contribution in [0.5, 0.6) is 0 Å². The summed E-state index contributed by atoms with van der Waals surface area (Å²) in [6.07, 6.45) is 0. The highest BCUT2D eigenvalue weighted by Gasteiger charge is 2.39. The molecule has 6 nitrogen and oxygen atoms in total. The third-order valence-electron chi connectivity index (χ3n) is 5.13. The van der Waals surface area contributed by atoms with Crippen LogP contribution in [0.1, 0.15) is 36.8 Å². The maximum atomic E-state index is 13.0. The van der Waals surface area contributed by atoms with Crippen molar-refractivity contribution in [2.24, 2.45) is 0 Å². The highest BCUT2D eigenvalue weighted by molar-refractivity contribution is 6.21. The zero-order valence-corrected chi connectivity index (χ0v) is 15.8. The first-order valence-electron chi connectivity index (χ1n) is 9.46. The molecule has 0 saturated carbocycles. The zero-order chi connectivity index (χ0) is 20.7. The molecule has 3 aromatic carbocycles. The lowest BCUT2D eigenvalue weighted by Gasteiger charge is -2.14. The number of nitrogens with zero attached hydrogens (tertiary/aromatic N) is 2. The predicted octanol–water partition coefficient (Wildman–Crippen LogP) is 4.06. The maximum absolute atomic E-state index is 13.0. The molecule has 30 heavy (non-hydrogen) atoms. The van der Waals surface area contributed by atoms with Crippen molar-refractivity contribution in [1.82, 2.24) is 9.63 Å². The average Bonchev–Trinajstić information content (AvgIpc) is 3.26. The first-order valence-corrected chi connectivity index (χ1v) is 9.46. The summed E-state index contributed by atoms with van der Waals surface area (Å²) in [5.41, 5.74) is 2.57. The van der Waals surface area contributed by atoms with Crippen molar-refractivity contribution in [2.75, 3.05) is 0 Å². The molecule has 4 aromatic rings. The molecule has 0 unspecified atom stereocenters. The first kappa shape index (κ1) is 17.9. The summed E-state index contributed by atoms with van der Waals surface area (Å²) in [5, 5.41) is 1.40.